The average molecular weight is 331 g/mol. The van der Waals surface area contributed by atoms with Gasteiger partial charge in [-0.2, -0.15) is 4.31 Å². The molecule has 1 fully saturated rings. The van der Waals surface area contributed by atoms with Crippen LogP contribution in [0.15, 0.2) is 17.0 Å². The predicted octanol–water partition coefficient (Wildman–Crippen LogP) is 1.51. The van der Waals surface area contributed by atoms with Crippen LogP contribution in [0, 0.1) is 17.5 Å². The van der Waals surface area contributed by atoms with Crippen LogP contribution in [0.1, 0.15) is 6.92 Å². The summed E-state index contributed by atoms with van der Waals surface area (Å²) in [6.45, 7) is 2.38. The third kappa shape index (κ3) is 3.25. The van der Waals surface area contributed by atoms with Gasteiger partial charge in [-0.15, -0.1) is 12.4 Å². The standard InChI is InChI=1S/C11H13F3N2O2S.ClH/c1-7-6-16(3-2-15-7)19(17,18)11-9(13)4-8(12)5-10(11)14;/h4-5,7,15H,2-3,6H2,1H3;1H/t7-;/m0./s1. The van der Waals surface area contributed by atoms with E-state index >= 15 is 0 Å². The van der Waals surface area contributed by atoms with E-state index < -0.39 is 32.4 Å². The zero-order valence-corrected chi connectivity index (χ0v) is 12.2. The summed E-state index contributed by atoms with van der Waals surface area (Å²) in [7, 11) is -4.30. The van der Waals surface area contributed by atoms with E-state index in [1.165, 1.54) is 0 Å². The topological polar surface area (TPSA) is 49.4 Å². The summed E-state index contributed by atoms with van der Waals surface area (Å²) in [5.74, 6) is -3.98. The van der Waals surface area contributed by atoms with Gasteiger partial charge >= 0.3 is 0 Å². The fourth-order valence-electron chi connectivity index (χ4n) is 2.02. The van der Waals surface area contributed by atoms with Crippen LogP contribution in [0.5, 0.6) is 0 Å². The summed E-state index contributed by atoms with van der Waals surface area (Å²) in [5.41, 5.74) is 0. The van der Waals surface area contributed by atoms with Crippen molar-refractivity contribution in [2.45, 2.75) is 17.9 Å². The molecule has 9 heteroatoms. The van der Waals surface area contributed by atoms with Crippen molar-refractivity contribution in [1.29, 1.82) is 0 Å². The summed E-state index contributed by atoms with van der Waals surface area (Å²) in [6, 6.07) is 0.610. The van der Waals surface area contributed by atoms with E-state index in [0.717, 1.165) is 4.31 Å². The fourth-order valence-corrected chi connectivity index (χ4v) is 3.64. The maximum Gasteiger partial charge on any atom is 0.249 e. The smallest absolute Gasteiger partial charge is 0.249 e. The Hall–Kier alpha value is -0.830. The molecule has 0 spiro atoms. The Kier molecular flexibility index (Phi) is 5.42. The molecule has 1 N–H and O–H groups in total. The highest BCUT2D eigenvalue weighted by atomic mass is 35.5. The number of hydrogen-bond acceptors (Lipinski definition) is 3. The van der Waals surface area contributed by atoms with Crippen molar-refractivity contribution < 1.29 is 21.6 Å². The largest absolute Gasteiger partial charge is 0.312 e. The van der Waals surface area contributed by atoms with E-state index in [1.807, 2.05) is 0 Å². The van der Waals surface area contributed by atoms with Crippen LogP contribution in [-0.4, -0.2) is 38.4 Å². The first kappa shape index (κ1) is 17.2. The average Bonchev–Trinajstić information content (AvgIpc) is 2.26. The molecule has 0 saturated carbocycles. The van der Waals surface area contributed by atoms with Gasteiger partial charge in [0.1, 0.15) is 17.5 Å². The molecule has 1 aliphatic heterocycles. The number of halogens is 4. The van der Waals surface area contributed by atoms with Gasteiger partial charge in [0.15, 0.2) is 4.90 Å². The number of rotatable bonds is 2. The maximum absolute atomic E-state index is 13.6. The molecule has 1 aliphatic rings. The van der Waals surface area contributed by atoms with Crippen LogP contribution in [-0.2, 0) is 10.0 Å². The van der Waals surface area contributed by atoms with E-state index in [4.69, 9.17) is 0 Å². The van der Waals surface area contributed by atoms with Crippen LogP contribution in [0.4, 0.5) is 13.2 Å². The summed E-state index contributed by atoms with van der Waals surface area (Å²) in [5, 5.41) is 3.02. The number of sulfonamides is 1. The molecule has 1 saturated heterocycles. The lowest BCUT2D eigenvalue weighted by Crippen LogP contribution is -2.51. The van der Waals surface area contributed by atoms with Gasteiger partial charge in [-0.1, -0.05) is 0 Å². The molecule has 1 aromatic rings. The second kappa shape index (κ2) is 6.30. The quantitative estimate of drug-likeness (QED) is 0.894. The summed E-state index contributed by atoms with van der Waals surface area (Å²) >= 11 is 0. The molecule has 114 valence electrons. The number of benzene rings is 1. The van der Waals surface area contributed by atoms with Crippen LogP contribution >= 0.6 is 12.4 Å². The molecule has 1 atom stereocenters. The van der Waals surface area contributed by atoms with Gasteiger partial charge < -0.3 is 5.32 Å². The summed E-state index contributed by atoms with van der Waals surface area (Å²) < 4.78 is 65.3. The zero-order valence-electron chi connectivity index (χ0n) is 10.6. The van der Waals surface area contributed by atoms with Crippen molar-refractivity contribution in [1.82, 2.24) is 9.62 Å². The van der Waals surface area contributed by atoms with Crippen LogP contribution in [0.25, 0.3) is 0 Å². The highest BCUT2D eigenvalue weighted by Gasteiger charge is 2.33. The maximum atomic E-state index is 13.6. The molecule has 0 aromatic heterocycles. The lowest BCUT2D eigenvalue weighted by molar-refractivity contribution is 0.307. The molecule has 4 nitrogen and oxygen atoms in total. The Morgan fingerprint density at radius 1 is 1.25 bits per heavy atom. The Bertz CT molecular complexity index is 574. The van der Waals surface area contributed by atoms with Crippen molar-refractivity contribution in [2.75, 3.05) is 19.6 Å². The minimum absolute atomic E-state index is 0. The van der Waals surface area contributed by atoms with Gasteiger partial charge in [-0.3, -0.25) is 0 Å². The molecule has 20 heavy (non-hydrogen) atoms. The first-order valence-corrected chi connectivity index (χ1v) is 7.14. The highest BCUT2D eigenvalue weighted by molar-refractivity contribution is 7.89. The number of hydrogen-bond donors (Lipinski definition) is 1. The van der Waals surface area contributed by atoms with Gasteiger partial charge in [-0.25, -0.2) is 21.6 Å². The molecular formula is C11H14ClF3N2O2S. The Morgan fingerprint density at radius 3 is 2.30 bits per heavy atom. The van der Waals surface area contributed by atoms with E-state index in [-0.39, 0.29) is 31.5 Å². The van der Waals surface area contributed by atoms with Crippen molar-refractivity contribution in [3.8, 4) is 0 Å². The minimum atomic E-state index is -4.30. The van der Waals surface area contributed by atoms with Gasteiger partial charge in [0, 0.05) is 37.8 Å². The van der Waals surface area contributed by atoms with Crippen molar-refractivity contribution in [2.24, 2.45) is 0 Å². The van der Waals surface area contributed by atoms with Crippen LogP contribution < -0.4 is 5.32 Å². The molecule has 0 radical (unpaired) electrons. The third-order valence-corrected chi connectivity index (χ3v) is 4.81. The van der Waals surface area contributed by atoms with E-state index in [2.05, 4.69) is 5.32 Å². The number of nitrogens with zero attached hydrogens (tertiary/aromatic N) is 1. The molecule has 0 aliphatic carbocycles. The number of nitrogens with one attached hydrogen (secondary N) is 1. The van der Waals surface area contributed by atoms with E-state index in [1.54, 1.807) is 6.92 Å². The summed E-state index contributed by atoms with van der Waals surface area (Å²) in [6.07, 6.45) is 0. The van der Waals surface area contributed by atoms with Crippen LogP contribution in [0.2, 0.25) is 0 Å². The Morgan fingerprint density at radius 2 is 1.80 bits per heavy atom. The lowest BCUT2D eigenvalue weighted by atomic mass is 10.3. The second-order valence-corrected chi connectivity index (χ2v) is 6.29. The predicted molar refractivity (Wildman–Crippen MR) is 69.8 cm³/mol. The number of piperazine rings is 1. The van der Waals surface area contributed by atoms with Gasteiger partial charge in [0.05, 0.1) is 0 Å². The first-order valence-electron chi connectivity index (χ1n) is 5.70. The van der Waals surface area contributed by atoms with E-state index in [0.29, 0.717) is 18.7 Å². The van der Waals surface area contributed by atoms with Crippen molar-refractivity contribution in [3.05, 3.63) is 29.6 Å². The second-order valence-electron chi connectivity index (χ2n) is 4.42. The Labute approximate surface area is 121 Å². The molecule has 2 rings (SSSR count). The van der Waals surface area contributed by atoms with Crippen molar-refractivity contribution in [3.63, 3.8) is 0 Å². The molecule has 1 heterocycles. The molecule has 0 bridgehead atoms. The fraction of sp³-hybridized carbons (Fsp3) is 0.455. The first-order chi connectivity index (χ1) is 8.82. The molecule has 0 amide bonds. The van der Waals surface area contributed by atoms with Gasteiger partial charge in [-0.05, 0) is 6.92 Å². The molecular weight excluding hydrogens is 317 g/mol. The minimum Gasteiger partial charge on any atom is -0.312 e. The molecule has 1 aromatic carbocycles. The van der Waals surface area contributed by atoms with Crippen molar-refractivity contribution >= 4 is 22.4 Å². The Balaban J connectivity index is 0.00000200. The van der Waals surface area contributed by atoms with Gasteiger partial charge in [0.2, 0.25) is 10.0 Å². The van der Waals surface area contributed by atoms with Crippen LogP contribution in [0.3, 0.4) is 0 Å². The van der Waals surface area contributed by atoms with Gasteiger partial charge in [0.25, 0.3) is 0 Å². The normalized spacial score (nSPS) is 20.5. The zero-order chi connectivity index (χ0) is 14.2. The SMILES string of the molecule is C[C@H]1CN(S(=O)(=O)c2c(F)cc(F)cc2F)CCN1.Cl. The lowest BCUT2D eigenvalue weighted by Gasteiger charge is -2.31. The monoisotopic (exact) mass is 330 g/mol. The third-order valence-electron chi connectivity index (χ3n) is 2.89. The molecule has 0 unspecified atom stereocenters. The highest BCUT2D eigenvalue weighted by Crippen LogP contribution is 2.24. The van der Waals surface area contributed by atoms with E-state index in [9.17, 15) is 21.6 Å². The summed E-state index contributed by atoms with van der Waals surface area (Å²) in [4.78, 5) is -1.09.